The fraction of sp³-hybridized carbons (Fsp3) is 0.154. The van der Waals surface area contributed by atoms with E-state index in [9.17, 15) is 14.7 Å². The minimum atomic E-state index is -0.966. The fourth-order valence-corrected chi connectivity index (χ4v) is 3.62. The maximum atomic E-state index is 11.6. The van der Waals surface area contributed by atoms with Crippen molar-refractivity contribution in [3.05, 3.63) is 95.7 Å². The summed E-state index contributed by atoms with van der Waals surface area (Å²) in [6, 6.07) is 22.7. The largest absolute Gasteiger partial charge is 0.489 e. The van der Waals surface area contributed by atoms with Crippen molar-refractivity contribution in [1.82, 2.24) is 4.57 Å². The van der Waals surface area contributed by atoms with Crippen molar-refractivity contribution in [2.24, 2.45) is 0 Å². The van der Waals surface area contributed by atoms with Gasteiger partial charge in [0.15, 0.2) is 0 Å². The molecule has 0 radical (unpaired) electrons. The Bertz CT molecular complexity index is 1240. The number of aromatic carboxylic acids is 1. The van der Waals surface area contributed by atoms with Gasteiger partial charge in [-0.2, -0.15) is 0 Å². The predicted octanol–water partition coefficient (Wildman–Crippen LogP) is 5.43. The minimum absolute atomic E-state index is 0.130. The highest BCUT2D eigenvalue weighted by molar-refractivity contribution is 5.90. The van der Waals surface area contributed by atoms with Gasteiger partial charge in [-0.25, -0.2) is 4.79 Å². The lowest BCUT2D eigenvalue weighted by atomic mass is 10.1. The van der Waals surface area contributed by atoms with Crippen LogP contribution in [0.15, 0.2) is 79.0 Å². The van der Waals surface area contributed by atoms with Gasteiger partial charge in [-0.1, -0.05) is 36.4 Å². The van der Waals surface area contributed by atoms with E-state index in [-0.39, 0.29) is 11.3 Å². The van der Waals surface area contributed by atoms with Crippen molar-refractivity contribution in [2.75, 3.05) is 0 Å². The first-order valence-electron chi connectivity index (χ1n) is 10.1. The molecule has 0 spiro atoms. The van der Waals surface area contributed by atoms with Gasteiger partial charge in [0.05, 0.1) is 11.1 Å². The summed E-state index contributed by atoms with van der Waals surface area (Å²) in [5, 5.41) is 10.3. The van der Waals surface area contributed by atoms with Crippen molar-refractivity contribution >= 4 is 22.7 Å². The van der Waals surface area contributed by atoms with Gasteiger partial charge < -0.3 is 19.2 Å². The van der Waals surface area contributed by atoms with Crippen LogP contribution in [0.1, 0.15) is 34.8 Å². The van der Waals surface area contributed by atoms with Gasteiger partial charge >= 0.3 is 5.97 Å². The normalized spacial score (nSPS) is 10.9. The molecule has 3 aromatic carbocycles. The topological polar surface area (TPSA) is 68.5 Å². The molecule has 0 aliphatic rings. The van der Waals surface area contributed by atoms with E-state index in [1.807, 2.05) is 65.4 Å². The Morgan fingerprint density at radius 1 is 0.968 bits per heavy atom. The third kappa shape index (κ3) is 4.67. The Hall–Kier alpha value is -3.86. The molecule has 5 nitrogen and oxygen atoms in total. The fourth-order valence-electron chi connectivity index (χ4n) is 3.62. The molecule has 0 bridgehead atoms. The number of carbonyl (C=O) groups excluding carboxylic acids is 1. The average molecular weight is 413 g/mol. The van der Waals surface area contributed by atoms with E-state index in [0.29, 0.717) is 19.4 Å². The molecule has 0 fully saturated rings. The molecule has 0 unspecified atom stereocenters. The summed E-state index contributed by atoms with van der Waals surface area (Å²) in [6.07, 6.45) is 3.04. The number of ether oxygens (including phenoxy) is 1. The van der Waals surface area contributed by atoms with Gasteiger partial charge in [0, 0.05) is 23.7 Å². The lowest BCUT2D eigenvalue weighted by molar-refractivity contribution is -0.116. The molecule has 0 saturated carbocycles. The van der Waals surface area contributed by atoms with E-state index in [1.54, 1.807) is 25.1 Å². The summed E-state index contributed by atoms with van der Waals surface area (Å²) in [6.45, 7) is 2.06. The van der Waals surface area contributed by atoms with Crippen molar-refractivity contribution in [1.29, 1.82) is 0 Å². The van der Waals surface area contributed by atoms with Crippen LogP contribution in [-0.4, -0.2) is 21.4 Å². The number of Topliss-reactive ketones (excluding diaryl/α,β-unsaturated/α-hetero) is 1. The summed E-state index contributed by atoms with van der Waals surface area (Å²) in [7, 11) is 0. The minimum Gasteiger partial charge on any atom is -0.489 e. The molecule has 156 valence electrons. The van der Waals surface area contributed by atoms with E-state index in [1.165, 1.54) is 0 Å². The van der Waals surface area contributed by atoms with Crippen molar-refractivity contribution in [3.63, 3.8) is 0 Å². The second kappa shape index (κ2) is 8.88. The summed E-state index contributed by atoms with van der Waals surface area (Å²) in [4.78, 5) is 23.0. The van der Waals surface area contributed by atoms with Gasteiger partial charge in [0.25, 0.3) is 0 Å². The molecule has 1 aromatic heterocycles. The number of nitrogens with zero attached hydrogens (tertiary/aromatic N) is 1. The van der Waals surface area contributed by atoms with Gasteiger partial charge in [-0.3, -0.25) is 0 Å². The molecule has 5 heteroatoms. The van der Waals surface area contributed by atoms with Crippen LogP contribution in [0.3, 0.4) is 0 Å². The van der Waals surface area contributed by atoms with Crippen LogP contribution in [-0.2, 0) is 17.8 Å². The maximum absolute atomic E-state index is 11.6. The number of fused-ring (bicyclic) bond motifs is 1. The SMILES string of the molecule is CC(=O)CCc1cn(-c2cccc(C(=O)O)c2)c2ccc(OCc3ccccc3)cc12. The number of aromatic nitrogens is 1. The summed E-state index contributed by atoms with van der Waals surface area (Å²) in [5.74, 6) is -0.0885. The monoisotopic (exact) mass is 413 g/mol. The number of aryl methyl sites for hydroxylation is 1. The molecule has 0 amide bonds. The van der Waals surface area contributed by atoms with Crippen LogP contribution in [0.5, 0.6) is 5.75 Å². The van der Waals surface area contributed by atoms with Crippen LogP contribution >= 0.6 is 0 Å². The first-order valence-corrected chi connectivity index (χ1v) is 10.1. The number of hydrogen-bond acceptors (Lipinski definition) is 3. The second-order valence-corrected chi connectivity index (χ2v) is 7.54. The van der Waals surface area contributed by atoms with Gasteiger partial charge in [0.2, 0.25) is 0 Å². The highest BCUT2D eigenvalue weighted by atomic mass is 16.5. The van der Waals surface area contributed by atoms with Crippen LogP contribution in [0.4, 0.5) is 0 Å². The summed E-state index contributed by atoms with van der Waals surface area (Å²) in [5.41, 5.74) is 4.04. The Kier molecular flexibility index (Phi) is 5.85. The van der Waals surface area contributed by atoms with Crippen LogP contribution in [0.2, 0.25) is 0 Å². The maximum Gasteiger partial charge on any atom is 0.335 e. The van der Waals surface area contributed by atoms with Crippen LogP contribution in [0, 0.1) is 0 Å². The summed E-state index contributed by atoms with van der Waals surface area (Å²) >= 11 is 0. The first-order chi connectivity index (χ1) is 15.0. The quantitative estimate of drug-likeness (QED) is 0.418. The molecular formula is C26H23NO4. The molecule has 0 saturated heterocycles. The standard InChI is InChI=1S/C26H23NO4/c1-18(28)10-11-21-16-27(22-9-5-8-20(14-22)26(29)30)25-13-12-23(15-24(21)25)31-17-19-6-3-2-4-7-19/h2-9,12-16H,10-11,17H2,1H3,(H,29,30). The molecule has 31 heavy (non-hydrogen) atoms. The number of carboxylic acids is 1. The van der Waals surface area contributed by atoms with Crippen LogP contribution < -0.4 is 4.74 Å². The lowest BCUT2D eigenvalue weighted by Crippen LogP contribution is -1.99. The van der Waals surface area contributed by atoms with E-state index in [2.05, 4.69) is 0 Å². The number of carbonyl (C=O) groups is 2. The molecule has 0 atom stereocenters. The number of hydrogen-bond donors (Lipinski definition) is 1. The number of rotatable bonds is 8. The number of benzene rings is 3. The van der Waals surface area contributed by atoms with E-state index >= 15 is 0 Å². The Balaban J connectivity index is 1.72. The van der Waals surface area contributed by atoms with Crippen molar-refractivity contribution < 1.29 is 19.4 Å². The third-order valence-corrected chi connectivity index (χ3v) is 5.22. The Labute approximate surface area is 180 Å². The highest BCUT2D eigenvalue weighted by Crippen LogP contribution is 2.30. The van der Waals surface area contributed by atoms with E-state index < -0.39 is 5.97 Å². The van der Waals surface area contributed by atoms with Gasteiger partial charge in [-0.15, -0.1) is 0 Å². The zero-order valence-electron chi connectivity index (χ0n) is 17.2. The second-order valence-electron chi connectivity index (χ2n) is 7.54. The Morgan fingerprint density at radius 3 is 2.52 bits per heavy atom. The molecule has 1 heterocycles. The molecule has 1 N–H and O–H groups in total. The van der Waals surface area contributed by atoms with Crippen molar-refractivity contribution in [2.45, 2.75) is 26.4 Å². The average Bonchev–Trinajstić information content (AvgIpc) is 3.15. The first kappa shape index (κ1) is 20.4. The Morgan fingerprint density at radius 2 is 1.77 bits per heavy atom. The number of ketones is 1. The molecule has 0 aliphatic carbocycles. The highest BCUT2D eigenvalue weighted by Gasteiger charge is 2.13. The van der Waals surface area contributed by atoms with E-state index in [4.69, 9.17) is 4.74 Å². The molecular weight excluding hydrogens is 390 g/mol. The van der Waals surface area contributed by atoms with Crippen LogP contribution in [0.25, 0.3) is 16.6 Å². The third-order valence-electron chi connectivity index (χ3n) is 5.22. The van der Waals surface area contributed by atoms with E-state index in [0.717, 1.165) is 33.5 Å². The summed E-state index contributed by atoms with van der Waals surface area (Å²) < 4.78 is 7.96. The molecule has 4 rings (SSSR count). The molecule has 0 aliphatic heterocycles. The number of carboxylic acid groups (broad SMARTS) is 1. The zero-order valence-corrected chi connectivity index (χ0v) is 17.2. The van der Waals surface area contributed by atoms with Gasteiger partial charge in [-0.05, 0) is 60.9 Å². The van der Waals surface area contributed by atoms with Gasteiger partial charge in [0.1, 0.15) is 18.1 Å². The van der Waals surface area contributed by atoms with Crippen molar-refractivity contribution in [3.8, 4) is 11.4 Å². The predicted molar refractivity (Wildman–Crippen MR) is 120 cm³/mol. The smallest absolute Gasteiger partial charge is 0.335 e. The lowest BCUT2D eigenvalue weighted by Gasteiger charge is -2.09. The molecule has 4 aromatic rings. The zero-order chi connectivity index (χ0) is 21.8.